The molecular formula is C19H25F3N2O. The Labute approximate surface area is 146 Å². The van der Waals surface area contributed by atoms with Gasteiger partial charge in [0.25, 0.3) is 0 Å². The normalized spacial score (nSPS) is 25.4. The average Bonchev–Trinajstić information content (AvgIpc) is 2.92. The maximum Gasteiger partial charge on any atom is 0.416 e. The fourth-order valence-electron chi connectivity index (χ4n) is 4.00. The van der Waals surface area contributed by atoms with Crippen LogP contribution in [0.25, 0.3) is 0 Å². The van der Waals surface area contributed by atoms with E-state index < -0.39 is 11.7 Å². The van der Waals surface area contributed by atoms with Crippen molar-refractivity contribution in [1.82, 2.24) is 10.2 Å². The molecule has 2 fully saturated rings. The topological polar surface area (TPSA) is 32.3 Å². The monoisotopic (exact) mass is 354 g/mol. The zero-order valence-corrected chi connectivity index (χ0v) is 14.5. The number of fused-ring (bicyclic) bond motifs is 1. The number of carbonyl (C=O) groups excluding carboxylic acids is 1. The molecule has 138 valence electrons. The van der Waals surface area contributed by atoms with Crippen LogP contribution in [0.1, 0.15) is 43.2 Å². The van der Waals surface area contributed by atoms with Crippen LogP contribution in [0, 0.1) is 11.8 Å². The highest BCUT2D eigenvalue weighted by atomic mass is 19.4. The Balaban J connectivity index is 1.61. The fraction of sp³-hybridized carbons (Fsp3) is 0.632. The van der Waals surface area contributed by atoms with Gasteiger partial charge in [-0.2, -0.15) is 13.2 Å². The minimum Gasteiger partial charge on any atom is -0.343 e. The zero-order valence-electron chi connectivity index (χ0n) is 14.5. The minimum atomic E-state index is -4.35. The molecule has 3 rings (SSSR count). The maximum atomic E-state index is 12.9. The van der Waals surface area contributed by atoms with Gasteiger partial charge in [-0.25, -0.2) is 0 Å². The summed E-state index contributed by atoms with van der Waals surface area (Å²) in [6.45, 7) is 5.42. The molecule has 1 aromatic rings. The van der Waals surface area contributed by atoms with E-state index in [1.54, 1.807) is 6.07 Å². The molecule has 1 unspecified atom stereocenters. The molecule has 2 saturated heterocycles. The van der Waals surface area contributed by atoms with Crippen LogP contribution in [0.3, 0.4) is 0 Å². The van der Waals surface area contributed by atoms with Gasteiger partial charge in [0.2, 0.25) is 5.91 Å². The summed E-state index contributed by atoms with van der Waals surface area (Å²) in [6, 6.07) is 5.32. The molecule has 6 heteroatoms. The van der Waals surface area contributed by atoms with Crippen LogP contribution in [0.2, 0.25) is 0 Å². The molecule has 1 aromatic carbocycles. The lowest BCUT2D eigenvalue weighted by Crippen LogP contribution is -2.33. The minimum absolute atomic E-state index is 0.0536. The van der Waals surface area contributed by atoms with Crippen molar-refractivity contribution in [3.05, 3.63) is 35.4 Å². The fourth-order valence-corrected chi connectivity index (χ4v) is 4.00. The van der Waals surface area contributed by atoms with Gasteiger partial charge in [0, 0.05) is 19.5 Å². The molecule has 2 heterocycles. The second-order valence-electron chi connectivity index (χ2n) is 7.36. The Morgan fingerprint density at radius 1 is 1.24 bits per heavy atom. The molecule has 0 aliphatic carbocycles. The van der Waals surface area contributed by atoms with Gasteiger partial charge in [0.05, 0.1) is 5.56 Å². The van der Waals surface area contributed by atoms with E-state index in [4.69, 9.17) is 0 Å². The predicted octanol–water partition coefficient (Wildman–Crippen LogP) is 3.66. The first-order valence-electron chi connectivity index (χ1n) is 9.00. The number of benzene rings is 1. The molecular weight excluding hydrogens is 329 g/mol. The second kappa shape index (κ2) is 7.36. The van der Waals surface area contributed by atoms with Crippen LogP contribution in [0.4, 0.5) is 13.2 Å². The number of amides is 1. The van der Waals surface area contributed by atoms with Crippen LogP contribution < -0.4 is 5.32 Å². The Hall–Kier alpha value is -1.56. The van der Waals surface area contributed by atoms with Gasteiger partial charge in [0.15, 0.2) is 0 Å². The van der Waals surface area contributed by atoms with E-state index in [1.165, 1.54) is 6.07 Å². The van der Waals surface area contributed by atoms with E-state index in [9.17, 15) is 18.0 Å². The third-order valence-corrected chi connectivity index (χ3v) is 5.64. The highest BCUT2D eigenvalue weighted by Crippen LogP contribution is 2.32. The standard InChI is InChI=1S/C19H25F3N2O/c1-13(14-3-2-4-17(10-14)19(20,21)22)9-18(25)24-7-5-15-11-23-12-16(15)6-8-24/h2-4,10,13,15-16,23H,5-9,11-12H2,1H3/t13?,15-,16+. The quantitative estimate of drug-likeness (QED) is 0.899. The third-order valence-electron chi connectivity index (χ3n) is 5.64. The lowest BCUT2D eigenvalue weighted by molar-refractivity contribution is -0.137. The number of likely N-dealkylation sites (tertiary alicyclic amines) is 1. The van der Waals surface area contributed by atoms with Crippen LogP contribution >= 0.6 is 0 Å². The summed E-state index contributed by atoms with van der Waals surface area (Å²) in [6.07, 6.45) is -2.06. The number of halogens is 3. The number of rotatable bonds is 3. The molecule has 3 nitrogen and oxygen atoms in total. The SMILES string of the molecule is CC(CC(=O)N1CC[C@@H]2CNC[C@@H]2CC1)c1cccc(C(F)(F)F)c1. The van der Waals surface area contributed by atoms with Crippen molar-refractivity contribution in [3.8, 4) is 0 Å². The molecule has 1 amide bonds. The van der Waals surface area contributed by atoms with E-state index in [0.717, 1.165) is 51.2 Å². The van der Waals surface area contributed by atoms with Crippen molar-refractivity contribution >= 4 is 5.91 Å². The van der Waals surface area contributed by atoms with Crippen LogP contribution in [-0.2, 0) is 11.0 Å². The molecule has 0 spiro atoms. The number of hydrogen-bond donors (Lipinski definition) is 1. The van der Waals surface area contributed by atoms with Crippen molar-refractivity contribution in [2.75, 3.05) is 26.2 Å². The van der Waals surface area contributed by atoms with Crippen LogP contribution in [0.15, 0.2) is 24.3 Å². The Morgan fingerprint density at radius 2 is 1.88 bits per heavy atom. The molecule has 0 bridgehead atoms. The van der Waals surface area contributed by atoms with Gasteiger partial charge in [-0.3, -0.25) is 4.79 Å². The molecule has 1 N–H and O–H groups in total. The summed E-state index contributed by atoms with van der Waals surface area (Å²) >= 11 is 0. The van der Waals surface area contributed by atoms with Crippen molar-refractivity contribution in [2.24, 2.45) is 11.8 Å². The number of nitrogens with one attached hydrogen (secondary N) is 1. The molecule has 2 aliphatic heterocycles. The van der Waals surface area contributed by atoms with E-state index >= 15 is 0 Å². The van der Waals surface area contributed by atoms with Crippen molar-refractivity contribution in [1.29, 1.82) is 0 Å². The number of hydrogen-bond acceptors (Lipinski definition) is 2. The summed E-state index contributed by atoms with van der Waals surface area (Å²) < 4.78 is 38.6. The number of alkyl halides is 3. The molecule has 0 aromatic heterocycles. The maximum absolute atomic E-state index is 12.9. The summed E-state index contributed by atoms with van der Waals surface area (Å²) in [5.41, 5.74) is -0.0848. The molecule has 25 heavy (non-hydrogen) atoms. The van der Waals surface area contributed by atoms with Crippen molar-refractivity contribution in [3.63, 3.8) is 0 Å². The van der Waals surface area contributed by atoms with Gasteiger partial charge in [-0.15, -0.1) is 0 Å². The zero-order chi connectivity index (χ0) is 18.0. The van der Waals surface area contributed by atoms with E-state index in [1.807, 2.05) is 11.8 Å². The molecule has 3 atom stereocenters. The summed E-state index contributed by atoms with van der Waals surface area (Å²) in [5, 5.41) is 3.41. The highest BCUT2D eigenvalue weighted by Gasteiger charge is 2.33. The largest absolute Gasteiger partial charge is 0.416 e. The predicted molar refractivity (Wildman–Crippen MR) is 90.1 cm³/mol. The van der Waals surface area contributed by atoms with Crippen LogP contribution in [0.5, 0.6) is 0 Å². The Bertz CT molecular complexity index is 603. The van der Waals surface area contributed by atoms with Crippen molar-refractivity contribution < 1.29 is 18.0 Å². The average molecular weight is 354 g/mol. The van der Waals surface area contributed by atoms with Gasteiger partial charge in [-0.1, -0.05) is 25.1 Å². The highest BCUT2D eigenvalue weighted by molar-refractivity contribution is 5.77. The lowest BCUT2D eigenvalue weighted by atomic mass is 9.92. The Kier molecular flexibility index (Phi) is 5.37. The summed E-state index contributed by atoms with van der Waals surface area (Å²) in [4.78, 5) is 14.5. The van der Waals surface area contributed by atoms with E-state index in [0.29, 0.717) is 17.4 Å². The molecule has 2 aliphatic rings. The number of carbonyl (C=O) groups is 1. The smallest absolute Gasteiger partial charge is 0.343 e. The first-order chi connectivity index (χ1) is 11.8. The first kappa shape index (κ1) is 18.2. The van der Waals surface area contributed by atoms with Gasteiger partial charge in [-0.05, 0) is 55.3 Å². The lowest BCUT2D eigenvalue weighted by Gasteiger charge is -2.23. The Morgan fingerprint density at radius 3 is 2.48 bits per heavy atom. The number of nitrogens with zero attached hydrogens (tertiary/aromatic N) is 1. The second-order valence-corrected chi connectivity index (χ2v) is 7.36. The van der Waals surface area contributed by atoms with Gasteiger partial charge >= 0.3 is 6.18 Å². The summed E-state index contributed by atoms with van der Waals surface area (Å²) in [7, 11) is 0. The molecule has 0 saturated carbocycles. The first-order valence-corrected chi connectivity index (χ1v) is 9.00. The van der Waals surface area contributed by atoms with E-state index in [-0.39, 0.29) is 18.2 Å². The van der Waals surface area contributed by atoms with Crippen molar-refractivity contribution in [2.45, 2.75) is 38.3 Å². The van der Waals surface area contributed by atoms with Crippen LogP contribution in [-0.4, -0.2) is 37.0 Å². The summed E-state index contributed by atoms with van der Waals surface area (Å²) in [5.74, 6) is 1.13. The van der Waals surface area contributed by atoms with E-state index in [2.05, 4.69) is 5.32 Å². The third kappa shape index (κ3) is 4.35. The molecule has 0 radical (unpaired) electrons. The van der Waals surface area contributed by atoms with Gasteiger partial charge in [0.1, 0.15) is 0 Å². The van der Waals surface area contributed by atoms with Gasteiger partial charge < -0.3 is 10.2 Å².